The Morgan fingerprint density at radius 2 is 2.05 bits per heavy atom. The average molecular weight is 313 g/mol. The number of ether oxygens (including phenoxy) is 1. The van der Waals surface area contributed by atoms with Crippen LogP contribution in [0.25, 0.3) is 0 Å². The first-order chi connectivity index (χ1) is 9.61. The maximum atomic E-state index is 12.3. The van der Waals surface area contributed by atoms with Crippen molar-refractivity contribution in [3.05, 3.63) is 38.4 Å². The molecule has 8 heteroatoms. The molecule has 1 aromatic rings. The number of halogens is 1. The first-order valence-corrected chi connectivity index (χ1v) is 6.50. The van der Waals surface area contributed by atoms with E-state index >= 15 is 0 Å². The fourth-order valence-electron chi connectivity index (χ4n) is 1.98. The quantitative estimate of drug-likeness (QED) is 0.587. The van der Waals surface area contributed by atoms with Gasteiger partial charge < -0.3 is 4.74 Å². The zero-order valence-electron chi connectivity index (χ0n) is 11.7. The van der Waals surface area contributed by atoms with Crippen molar-refractivity contribution in [3.63, 3.8) is 0 Å². The summed E-state index contributed by atoms with van der Waals surface area (Å²) in [6.45, 7) is 4.85. The van der Waals surface area contributed by atoms with Gasteiger partial charge in [-0.3, -0.25) is 14.9 Å². The average Bonchev–Trinajstić information content (AvgIpc) is 2.67. The molecule has 0 unspecified atom stereocenters. The molecule has 2 amide bonds. The Morgan fingerprint density at radius 1 is 1.43 bits per heavy atom. The molecule has 0 atom stereocenters. The molecule has 0 aromatic heterocycles. The molecule has 1 aliphatic heterocycles. The molecule has 2 rings (SSSR count). The van der Waals surface area contributed by atoms with E-state index in [1.165, 1.54) is 6.07 Å². The second kappa shape index (κ2) is 5.00. The monoisotopic (exact) mass is 312 g/mol. The van der Waals surface area contributed by atoms with Gasteiger partial charge in [0, 0.05) is 16.7 Å². The largest absolute Gasteiger partial charge is 0.443 e. The van der Waals surface area contributed by atoms with Crippen molar-refractivity contribution in [1.82, 2.24) is 4.90 Å². The van der Waals surface area contributed by atoms with Crippen LogP contribution in [0.5, 0.6) is 0 Å². The molecule has 0 fully saturated rings. The van der Waals surface area contributed by atoms with Gasteiger partial charge in [-0.15, -0.1) is 0 Å². The number of nitro benzene ring substituents is 1. The second-order valence-corrected chi connectivity index (χ2v) is 5.96. The van der Waals surface area contributed by atoms with Gasteiger partial charge >= 0.3 is 6.09 Å². The number of carbonyl (C=O) groups excluding carboxylic acids is 2. The molecule has 7 nitrogen and oxygen atoms in total. The van der Waals surface area contributed by atoms with E-state index in [0.29, 0.717) is 0 Å². The Hall–Kier alpha value is -2.15. The lowest BCUT2D eigenvalue weighted by molar-refractivity contribution is -0.385. The van der Waals surface area contributed by atoms with Crippen LogP contribution < -0.4 is 0 Å². The number of hydrogen-bond acceptors (Lipinski definition) is 5. The topological polar surface area (TPSA) is 89.8 Å². The maximum absolute atomic E-state index is 12.3. The van der Waals surface area contributed by atoms with Crippen LogP contribution >= 0.6 is 11.6 Å². The molecule has 112 valence electrons. The predicted molar refractivity (Wildman–Crippen MR) is 74.2 cm³/mol. The summed E-state index contributed by atoms with van der Waals surface area (Å²) in [5.41, 5.74) is -1.03. The van der Waals surface area contributed by atoms with Gasteiger partial charge in [0.25, 0.3) is 11.6 Å². The van der Waals surface area contributed by atoms with E-state index in [4.69, 9.17) is 16.3 Å². The zero-order chi connectivity index (χ0) is 15.9. The second-order valence-electron chi connectivity index (χ2n) is 5.55. The van der Waals surface area contributed by atoms with Gasteiger partial charge in [-0.1, -0.05) is 11.6 Å². The lowest BCUT2D eigenvalue weighted by Gasteiger charge is -2.23. The Labute approximate surface area is 125 Å². The van der Waals surface area contributed by atoms with E-state index in [2.05, 4.69) is 0 Å². The maximum Gasteiger partial charge on any atom is 0.417 e. The van der Waals surface area contributed by atoms with Crippen molar-refractivity contribution in [3.8, 4) is 0 Å². The third-order valence-electron chi connectivity index (χ3n) is 2.82. The molecule has 0 saturated carbocycles. The molecule has 0 N–H and O–H groups in total. The minimum Gasteiger partial charge on any atom is -0.443 e. The number of imide groups is 1. The number of rotatable bonds is 1. The zero-order valence-corrected chi connectivity index (χ0v) is 12.4. The number of fused-ring (bicyclic) bond motifs is 1. The van der Waals surface area contributed by atoms with Crippen molar-refractivity contribution >= 4 is 29.3 Å². The van der Waals surface area contributed by atoms with Gasteiger partial charge in [-0.25, -0.2) is 9.69 Å². The number of hydrogen-bond donors (Lipinski definition) is 0. The molecule has 1 aliphatic rings. The molecule has 21 heavy (non-hydrogen) atoms. The number of amides is 2. The summed E-state index contributed by atoms with van der Waals surface area (Å²) in [6, 6.07) is 2.49. The van der Waals surface area contributed by atoms with E-state index in [1.807, 2.05) is 0 Å². The van der Waals surface area contributed by atoms with E-state index in [1.54, 1.807) is 20.8 Å². The van der Waals surface area contributed by atoms with Crippen molar-refractivity contribution < 1.29 is 19.2 Å². The van der Waals surface area contributed by atoms with Gasteiger partial charge in [-0.05, 0) is 26.8 Å². The highest BCUT2D eigenvalue weighted by molar-refractivity contribution is 6.32. The minimum atomic E-state index is -0.853. The first-order valence-electron chi connectivity index (χ1n) is 6.12. The SMILES string of the molecule is CC(C)(C)OC(=O)N1Cc2c(Cl)ccc([N+](=O)[O-])c2C1=O. The van der Waals surface area contributed by atoms with Crippen LogP contribution in [0.4, 0.5) is 10.5 Å². The smallest absolute Gasteiger partial charge is 0.417 e. The van der Waals surface area contributed by atoms with Gasteiger partial charge in [0.15, 0.2) is 0 Å². The third kappa shape index (κ3) is 2.82. The number of benzene rings is 1. The molecule has 0 bridgehead atoms. The van der Waals surface area contributed by atoms with Gasteiger partial charge in [0.05, 0.1) is 11.5 Å². The predicted octanol–water partition coefficient (Wildman–Crippen LogP) is 3.14. The fourth-order valence-corrected chi connectivity index (χ4v) is 2.20. The van der Waals surface area contributed by atoms with Crippen LogP contribution in [0, 0.1) is 10.1 Å². The first kappa shape index (κ1) is 15.2. The van der Waals surface area contributed by atoms with Crippen LogP contribution in [0.2, 0.25) is 5.02 Å². The highest BCUT2D eigenvalue weighted by Gasteiger charge is 2.40. The molecule has 0 aliphatic carbocycles. The van der Waals surface area contributed by atoms with Crippen LogP contribution in [-0.2, 0) is 11.3 Å². The number of nitro groups is 1. The lowest BCUT2D eigenvalue weighted by atomic mass is 10.1. The summed E-state index contributed by atoms with van der Waals surface area (Å²) < 4.78 is 5.12. The van der Waals surface area contributed by atoms with Crippen molar-refractivity contribution in [2.75, 3.05) is 0 Å². The van der Waals surface area contributed by atoms with Crippen molar-refractivity contribution in [2.45, 2.75) is 32.9 Å². The van der Waals surface area contributed by atoms with Crippen LogP contribution in [0.3, 0.4) is 0 Å². The van der Waals surface area contributed by atoms with E-state index in [9.17, 15) is 19.7 Å². The van der Waals surface area contributed by atoms with Crippen molar-refractivity contribution in [1.29, 1.82) is 0 Å². The van der Waals surface area contributed by atoms with Crippen LogP contribution in [-0.4, -0.2) is 27.4 Å². The summed E-state index contributed by atoms with van der Waals surface area (Å²) in [5, 5.41) is 11.2. The molecule has 0 radical (unpaired) electrons. The van der Waals surface area contributed by atoms with Gasteiger partial charge in [0.2, 0.25) is 0 Å². The molecule has 0 spiro atoms. The highest BCUT2D eigenvalue weighted by Crippen LogP contribution is 2.36. The number of nitrogens with zero attached hydrogens (tertiary/aromatic N) is 2. The van der Waals surface area contributed by atoms with Gasteiger partial charge in [-0.2, -0.15) is 0 Å². The Kier molecular flexibility index (Phi) is 3.63. The van der Waals surface area contributed by atoms with E-state index in [-0.39, 0.29) is 28.4 Å². The van der Waals surface area contributed by atoms with Crippen molar-refractivity contribution in [2.24, 2.45) is 0 Å². The third-order valence-corrected chi connectivity index (χ3v) is 3.17. The molecular weight excluding hydrogens is 300 g/mol. The highest BCUT2D eigenvalue weighted by atomic mass is 35.5. The summed E-state index contributed by atoms with van der Waals surface area (Å²) >= 11 is 5.96. The molecule has 0 saturated heterocycles. The fraction of sp³-hybridized carbons (Fsp3) is 0.385. The normalized spacial score (nSPS) is 14.1. The Balaban J connectivity index is 2.41. The van der Waals surface area contributed by atoms with E-state index < -0.39 is 22.5 Å². The Bertz CT molecular complexity index is 651. The molecule has 1 heterocycles. The summed E-state index contributed by atoms with van der Waals surface area (Å²) in [6.07, 6.45) is -0.853. The van der Waals surface area contributed by atoms with E-state index in [0.717, 1.165) is 11.0 Å². The summed E-state index contributed by atoms with van der Waals surface area (Å²) in [7, 11) is 0. The minimum absolute atomic E-state index is 0.135. The molecular formula is C13H13ClN2O5. The lowest BCUT2D eigenvalue weighted by Crippen LogP contribution is -2.37. The van der Waals surface area contributed by atoms with Crippen LogP contribution in [0.15, 0.2) is 12.1 Å². The Morgan fingerprint density at radius 3 is 2.57 bits per heavy atom. The summed E-state index contributed by atoms with van der Waals surface area (Å²) in [5.74, 6) is -0.770. The number of carbonyl (C=O) groups is 2. The molecule has 1 aromatic carbocycles. The van der Waals surface area contributed by atoms with Crippen LogP contribution in [0.1, 0.15) is 36.7 Å². The summed E-state index contributed by atoms with van der Waals surface area (Å²) in [4.78, 5) is 35.4. The standard InChI is InChI=1S/C13H13ClN2O5/c1-13(2,3)21-12(18)15-6-7-8(14)4-5-9(16(19)20)10(7)11(15)17/h4-5H,6H2,1-3H3. The van der Waals surface area contributed by atoms with Gasteiger partial charge in [0.1, 0.15) is 11.2 Å².